The van der Waals surface area contributed by atoms with Crippen LogP contribution in [-0.2, 0) is 4.74 Å². The zero-order valence-corrected chi connectivity index (χ0v) is 10.6. The average Bonchev–Trinajstić information content (AvgIpc) is 2.37. The molecule has 1 aliphatic rings. The van der Waals surface area contributed by atoms with Crippen LogP contribution in [-0.4, -0.2) is 36.1 Å². The molecule has 0 saturated carbocycles. The monoisotopic (exact) mass is 244 g/mol. The molecule has 2 rings (SSSR count). The number of rotatable bonds is 1. The Balaban J connectivity index is 2.12. The van der Waals surface area contributed by atoms with Gasteiger partial charge in [0.05, 0.1) is 23.8 Å². The van der Waals surface area contributed by atoms with Gasteiger partial charge in [0.15, 0.2) is 0 Å². The van der Waals surface area contributed by atoms with E-state index in [4.69, 9.17) is 10.00 Å². The van der Waals surface area contributed by atoms with Crippen LogP contribution in [0.15, 0.2) is 24.3 Å². The summed E-state index contributed by atoms with van der Waals surface area (Å²) in [6.45, 7) is 5.16. The first kappa shape index (κ1) is 12.6. The number of nitrogens with zero attached hydrogens (tertiary/aromatic N) is 2. The number of morpholine rings is 1. The van der Waals surface area contributed by atoms with Crippen LogP contribution in [0.25, 0.3) is 0 Å². The molecule has 2 atom stereocenters. The van der Waals surface area contributed by atoms with Crippen LogP contribution in [0.4, 0.5) is 0 Å². The minimum absolute atomic E-state index is 0.00138. The van der Waals surface area contributed by atoms with E-state index in [0.29, 0.717) is 24.2 Å². The van der Waals surface area contributed by atoms with Gasteiger partial charge < -0.3 is 9.64 Å². The SMILES string of the molecule is CC1CN(C(=O)c2ccc(C#N)cc2)CC(C)O1. The lowest BCUT2D eigenvalue weighted by Crippen LogP contribution is -2.48. The van der Waals surface area contributed by atoms with Gasteiger partial charge in [-0.15, -0.1) is 0 Å². The number of amides is 1. The Morgan fingerprint density at radius 2 is 1.83 bits per heavy atom. The van der Waals surface area contributed by atoms with E-state index in [1.54, 1.807) is 29.2 Å². The van der Waals surface area contributed by atoms with Crippen LogP contribution < -0.4 is 0 Å². The molecule has 4 nitrogen and oxygen atoms in total. The van der Waals surface area contributed by atoms with E-state index in [-0.39, 0.29) is 18.1 Å². The highest BCUT2D eigenvalue weighted by molar-refractivity contribution is 5.94. The van der Waals surface area contributed by atoms with Gasteiger partial charge in [-0.25, -0.2) is 0 Å². The highest BCUT2D eigenvalue weighted by Crippen LogP contribution is 2.14. The lowest BCUT2D eigenvalue weighted by atomic mass is 10.1. The highest BCUT2D eigenvalue weighted by Gasteiger charge is 2.26. The third-order valence-electron chi connectivity index (χ3n) is 2.97. The van der Waals surface area contributed by atoms with Crippen LogP contribution in [0.5, 0.6) is 0 Å². The number of carbonyl (C=O) groups excluding carboxylic acids is 1. The van der Waals surface area contributed by atoms with Crippen molar-refractivity contribution in [1.29, 1.82) is 5.26 Å². The molecular formula is C14H16N2O2. The molecule has 0 spiro atoms. The largest absolute Gasteiger partial charge is 0.372 e. The maximum absolute atomic E-state index is 12.3. The number of ether oxygens (including phenoxy) is 1. The minimum Gasteiger partial charge on any atom is -0.372 e. The summed E-state index contributed by atoms with van der Waals surface area (Å²) in [5.41, 5.74) is 1.19. The van der Waals surface area contributed by atoms with Crippen molar-refractivity contribution in [3.8, 4) is 6.07 Å². The lowest BCUT2D eigenvalue weighted by molar-refractivity contribution is -0.0586. The first-order chi connectivity index (χ1) is 8.60. The van der Waals surface area contributed by atoms with Gasteiger partial charge in [-0.2, -0.15) is 5.26 Å². The van der Waals surface area contributed by atoms with Crippen molar-refractivity contribution in [1.82, 2.24) is 4.90 Å². The fraction of sp³-hybridized carbons (Fsp3) is 0.429. The minimum atomic E-state index is 0.00138. The molecule has 1 aromatic carbocycles. The van der Waals surface area contributed by atoms with Crippen LogP contribution in [0.2, 0.25) is 0 Å². The van der Waals surface area contributed by atoms with E-state index in [2.05, 4.69) is 0 Å². The molecule has 18 heavy (non-hydrogen) atoms. The molecule has 4 heteroatoms. The van der Waals surface area contributed by atoms with Crippen LogP contribution >= 0.6 is 0 Å². The topological polar surface area (TPSA) is 53.3 Å². The van der Waals surface area contributed by atoms with E-state index < -0.39 is 0 Å². The van der Waals surface area contributed by atoms with E-state index >= 15 is 0 Å². The summed E-state index contributed by atoms with van der Waals surface area (Å²) in [4.78, 5) is 14.1. The quantitative estimate of drug-likeness (QED) is 0.757. The fourth-order valence-corrected chi connectivity index (χ4v) is 2.21. The Kier molecular flexibility index (Phi) is 3.63. The molecule has 0 aliphatic carbocycles. The first-order valence-corrected chi connectivity index (χ1v) is 6.05. The Hall–Kier alpha value is -1.86. The second-order valence-electron chi connectivity index (χ2n) is 4.66. The van der Waals surface area contributed by atoms with Crippen molar-refractivity contribution >= 4 is 5.91 Å². The van der Waals surface area contributed by atoms with E-state index in [0.717, 1.165) is 0 Å². The van der Waals surface area contributed by atoms with Crippen LogP contribution in [0, 0.1) is 11.3 Å². The standard InChI is InChI=1S/C14H16N2O2/c1-10-8-16(9-11(2)18-10)14(17)13-5-3-12(7-15)4-6-13/h3-6,10-11H,8-9H2,1-2H3. The van der Waals surface area contributed by atoms with Gasteiger partial charge in [0.1, 0.15) is 0 Å². The molecule has 0 radical (unpaired) electrons. The molecule has 0 N–H and O–H groups in total. The van der Waals surface area contributed by atoms with Gasteiger partial charge >= 0.3 is 0 Å². The summed E-state index contributed by atoms with van der Waals surface area (Å²) >= 11 is 0. The summed E-state index contributed by atoms with van der Waals surface area (Å²) in [5, 5.41) is 8.72. The molecule has 1 saturated heterocycles. The van der Waals surface area contributed by atoms with Gasteiger partial charge in [-0.1, -0.05) is 0 Å². The van der Waals surface area contributed by atoms with Crippen molar-refractivity contribution in [2.24, 2.45) is 0 Å². The second-order valence-corrected chi connectivity index (χ2v) is 4.66. The van der Waals surface area contributed by atoms with Crippen molar-refractivity contribution in [3.05, 3.63) is 35.4 Å². The maximum atomic E-state index is 12.3. The van der Waals surface area contributed by atoms with Gasteiger partial charge in [0, 0.05) is 18.7 Å². The normalized spacial score (nSPS) is 23.5. The first-order valence-electron chi connectivity index (χ1n) is 6.05. The van der Waals surface area contributed by atoms with Gasteiger partial charge in [0.2, 0.25) is 0 Å². The van der Waals surface area contributed by atoms with Crippen LogP contribution in [0.1, 0.15) is 29.8 Å². The molecule has 1 heterocycles. The Bertz CT molecular complexity index is 466. The summed E-state index contributed by atoms with van der Waals surface area (Å²) < 4.78 is 5.60. The number of nitriles is 1. The molecule has 1 aromatic rings. The Morgan fingerprint density at radius 1 is 1.28 bits per heavy atom. The highest BCUT2D eigenvalue weighted by atomic mass is 16.5. The van der Waals surface area contributed by atoms with Crippen molar-refractivity contribution < 1.29 is 9.53 Å². The number of carbonyl (C=O) groups is 1. The Labute approximate surface area is 107 Å². The molecule has 94 valence electrons. The predicted molar refractivity (Wildman–Crippen MR) is 67.1 cm³/mol. The summed E-state index contributed by atoms with van der Waals surface area (Å²) in [5.74, 6) is 0.00138. The summed E-state index contributed by atoms with van der Waals surface area (Å²) in [6.07, 6.45) is 0.132. The molecule has 1 aliphatic heterocycles. The molecule has 1 amide bonds. The van der Waals surface area contributed by atoms with E-state index in [9.17, 15) is 4.79 Å². The molecule has 0 aromatic heterocycles. The lowest BCUT2D eigenvalue weighted by Gasteiger charge is -2.35. The summed E-state index contributed by atoms with van der Waals surface area (Å²) in [6, 6.07) is 8.78. The third kappa shape index (κ3) is 2.69. The Morgan fingerprint density at radius 3 is 2.33 bits per heavy atom. The molecule has 2 unspecified atom stereocenters. The fourth-order valence-electron chi connectivity index (χ4n) is 2.21. The zero-order chi connectivity index (χ0) is 13.1. The number of benzene rings is 1. The van der Waals surface area contributed by atoms with E-state index in [1.165, 1.54) is 0 Å². The zero-order valence-electron chi connectivity index (χ0n) is 10.6. The van der Waals surface area contributed by atoms with E-state index in [1.807, 2.05) is 19.9 Å². The van der Waals surface area contributed by atoms with Gasteiger partial charge in [-0.3, -0.25) is 4.79 Å². The second kappa shape index (κ2) is 5.19. The summed E-state index contributed by atoms with van der Waals surface area (Å²) in [7, 11) is 0. The van der Waals surface area contributed by atoms with Gasteiger partial charge in [0.25, 0.3) is 5.91 Å². The number of hydrogen-bond donors (Lipinski definition) is 0. The third-order valence-corrected chi connectivity index (χ3v) is 2.97. The average molecular weight is 244 g/mol. The molecule has 0 bridgehead atoms. The molecular weight excluding hydrogens is 228 g/mol. The van der Waals surface area contributed by atoms with Gasteiger partial charge in [-0.05, 0) is 38.1 Å². The maximum Gasteiger partial charge on any atom is 0.254 e. The van der Waals surface area contributed by atoms with Crippen LogP contribution in [0.3, 0.4) is 0 Å². The van der Waals surface area contributed by atoms with Crippen molar-refractivity contribution in [2.45, 2.75) is 26.1 Å². The molecule has 1 fully saturated rings. The smallest absolute Gasteiger partial charge is 0.254 e. The predicted octanol–water partition coefficient (Wildman–Crippen LogP) is 1.81. The van der Waals surface area contributed by atoms with Crippen molar-refractivity contribution in [3.63, 3.8) is 0 Å². The number of hydrogen-bond acceptors (Lipinski definition) is 3. The van der Waals surface area contributed by atoms with Crippen molar-refractivity contribution in [2.75, 3.05) is 13.1 Å².